The van der Waals surface area contributed by atoms with Gasteiger partial charge in [-0.15, -0.1) is 0 Å². The van der Waals surface area contributed by atoms with E-state index >= 15 is 0 Å². The van der Waals surface area contributed by atoms with Gasteiger partial charge in [0.2, 0.25) is 0 Å². The summed E-state index contributed by atoms with van der Waals surface area (Å²) >= 11 is 0. The largest absolute Gasteiger partial charge is 0.435 e. The van der Waals surface area contributed by atoms with Gasteiger partial charge in [-0.2, -0.15) is 8.78 Å². The minimum atomic E-state index is -2.97. The number of ether oxygens (including phenoxy) is 1. The molecule has 1 heterocycles. The molecule has 0 spiro atoms. The Morgan fingerprint density at radius 3 is 2.87 bits per heavy atom. The molecule has 0 saturated heterocycles. The number of aryl methyl sites for hydroxylation is 2. The van der Waals surface area contributed by atoms with Crippen molar-refractivity contribution in [1.82, 2.24) is 9.78 Å². The Morgan fingerprint density at radius 1 is 1.30 bits per heavy atom. The lowest BCUT2D eigenvalue weighted by molar-refractivity contribution is -0.0504. The number of rotatable bonds is 4. The second kappa shape index (κ2) is 5.87. The lowest BCUT2D eigenvalue weighted by atomic mass is 9.99. The molecule has 0 amide bonds. The smallest absolute Gasteiger partial charge is 0.387 e. The molecule has 0 aliphatic heterocycles. The number of nitrogens with zero attached hydrogens (tertiary/aromatic N) is 1. The fourth-order valence-corrected chi connectivity index (χ4v) is 2.64. The van der Waals surface area contributed by atoms with E-state index in [1.54, 1.807) is 30.3 Å². The van der Waals surface area contributed by atoms with Crippen molar-refractivity contribution in [3.8, 4) is 5.75 Å². The van der Waals surface area contributed by atoms with Gasteiger partial charge in [-0.05, 0) is 30.2 Å². The highest BCUT2D eigenvalue weighted by Crippen LogP contribution is 2.26. The second-order valence-corrected chi connectivity index (χ2v) is 5.26. The summed E-state index contributed by atoms with van der Waals surface area (Å²) < 4.78 is 52.8. The number of fused-ring (bicyclic) bond motifs is 1. The van der Waals surface area contributed by atoms with Crippen molar-refractivity contribution in [2.24, 2.45) is 6.98 Å². The molecule has 0 unspecified atom stereocenters. The van der Waals surface area contributed by atoms with Gasteiger partial charge in [-0.1, -0.05) is 29.8 Å². The Balaban J connectivity index is 2.12. The number of hydrogen-bond acceptors (Lipinski definition) is 2. The van der Waals surface area contributed by atoms with Gasteiger partial charge < -0.3 is 4.74 Å². The van der Waals surface area contributed by atoms with Crippen LogP contribution >= 0.6 is 0 Å². The van der Waals surface area contributed by atoms with Crippen LogP contribution in [-0.2, 0) is 13.4 Å². The maximum atomic E-state index is 12.6. The summed E-state index contributed by atoms with van der Waals surface area (Å²) in [5.41, 5.74) is 1.55. The summed E-state index contributed by atoms with van der Waals surface area (Å²) in [5, 5.41) is 2.79. The number of halogens is 2. The fourth-order valence-electron chi connectivity index (χ4n) is 2.64. The number of hydrogen-bond donors (Lipinski definition) is 1. The highest BCUT2D eigenvalue weighted by atomic mass is 19.3. The summed E-state index contributed by atoms with van der Waals surface area (Å²) in [6.45, 7) is -3.79. The molecule has 1 aromatic heterocycles. The predicted octanol–water partition coefficient (Wildman–Crippen LogP) is 3.37. The second-order valence-electron chi connectivity index (χ2n) is 5.26. The Kier molecular flexibility index (Phi) is 3.03. The molecule has 3 rings (SSSR count). The normalized spacial score (nSPS) is 13.8. The number of benzene rings is 2. The van der Waals surface area contributed by atoms with E-state index in [1.165, 1.54) is 6.07 Å². The lowest BCUT2D eigenvalue weighted by Crippen LogP contribution is -2.12. The highest BCUT2D eigenvalue weighted by Gasteiger charge is 2.14. The minimum Gasteiger partial charge on any atom is -0.435 e. The van der Waals surface area contributed by atoms with Crippen molar-refractivity contribution in [3.63, 3.8) is 0 Å². The van der Waals surface area contributed by atoms with Gasteiger partial charge in [0, 0.05) is 17.5 Å². The molecule has 0 bridgehead atoms. The third-order valence-corrected chi connectivity index (χ3v) is 3.61. The van der Waals surface area contributed by atoms with E-state index in [-0.39, 0.29) is 17.6 Å². The molecule has 120 valence electrons. The topological polar surface area (TPSA) is 47.0 Å². The number of aromatic nitrogens is 2. The summed E-state index contributed by atoms with van der Waals surface area (Å²) in [5.74, 6) is 0.0225. The van der Waals surface area contributed by atoms with Crippen molar-refractivity contribution in [2.45, 2.75) is 20.0 Å². The summed E-state index contributed by atoms with van der Waals surface area (Å²) in [6.07, 6.45) is 0.148. The molecule has 23 heavy (non-hydrogen) atoms. The van der Waals surface area contributed by atoms with E-state index in [0.717, 1.165) is 5.56 Å². The zero-order valence-corrected chi connectivity index (χ0v) is 12.3. The molecule has 3 aromatic rings. The van der Waals surface area contributed by atoms with E-state index in [4.69, 9.17) is 4.11 Å². The van der Waals surface area contributed by atoms with Crippen molar-refractivity contribution in [1.29, 1.82) is 0 Å². The number of nitrogens with one attached hydrogen (secondary N) is 1. The van der Waals surface area contributed by atoms with Crippen LogP contribution in [0.25, 0.3) is 10.9 Å². The molecule has 1 N–H and O–H groups in total. The van der Waals surface area contributed by atoms with E-state index in [2.05, 4.69) is 9.84 Å². The van der Waals surface area contributed by atoms with E-state index < -0.39 is 19.1 Å². The van der Waals surface area contributed by atoms with Crippen molar-refractivity contribution in [3.05, 3.63) is 63.4 Å². The van der Waals surface area contributed by atoms with Gasteiger partial charge in [-0.25, -0.2) is 0 Å². The summed E-state index contributed by atoms with van der Waals surface area (Å²) in [4.78, 5) is 12.5. The summed E-state index contributed by atoms with van der Waals surface area (Å²) in [7, 11) is 0. The first-order valence-corrected chi connectivity index (χ1v) is 6.94. The average molecular weight is 321 g/mol. The lowest BCUT2D eigenvalue weighted by Gasteiger charge is -2.12. The van der Waals surface area contributed by atoms with Gasteiger partial charge in [0.15, 0.2) is 0 Å². The number of aromatic amines is 1. The quantitative estimate of drug-likeness (QED) is 0.801. The molecule has 6 heteroatoms. The van der Waals surface area contributed by atoms with Crippen molar-refractivity contribution < 1.29 is 17.6 Å². The Morgan fingerprint density at radius 2 is 2.13 bits per heavy atom. The van der Waals surface area contributed by atoms with E-state index in [1.807, 2.05) is 6.92 Å². The Hall–Kier alpha value is -2.63. The SMILES string of the molecule is [2H]C([2H])([2H])n1[nH]c2cccc(Cc3cc(C)ccc3OC(F)F)c2c1=O. The van der Waals surface area contributed by atoms with Crippen LogP contribution in [0.15, 0.2) is 41.2 Å². The molecule has 4 nitrogen and oxygen atoms in total. The number of H-pyrrole nitrogens is 1. The van der Waals surface area contributed by atoms with Gasteiger partial charge in [0.1, 0.15) is 5.75 Å². The number of alkyl halides is 2. The van der Waals surface area contributed by atoms with Gasteiger partial charge in [-0.3, -0.25) is 14.6 Å². The first kappa shape index (κ1) is 11.9. The molecule has 0 aliphatic rings. The third kappa shape index (κ3) is 2.97. The van der Waals surface area contributed by atoms with E-state index in [0.29, 0.717) is 21.3 Å². The standard InChI is InChI=1S/C17H16F2N2O2/c1-10-6-7-14(23-17(18)19)12(8-10)9-11-4-3-5-13-15(11)16(22)21(2)20-13/h3-8,17,20H,9H2,1-2H3/i2D3. The Labute approximate surface area is 135 Å². The van der Waals surface area contributed by atoms with Crippen LogP contribution in [0.2, 0.25) is 0 Å². The van der Waals surface area contributed by atoms with Crippen LogP contribution in [0.5, 0.6) is 5.75 Å². The van der Waals surface area contributed by atoms with Gasteiger partial charge >= 0.3 is 6.61 Å². The van der Waals surface area contributed by atoms with Crippen molar-refractivity contribution in [2.75, 3.05) is 0 Å². The van der Waals surface area contributed by atoms with E-state index in [9.17, 15) is 13.6 Å². The molecule has 0 saturated carbocycles. The molecular formula is C17H16F2N2O2. The van der Waals surface area contributed by atoms with Crippen LogP contribution in [0.4, 0.5) is 8.78 Å². The van der Waals surface area contributed by atoms with Crippen LogP contribution in [0.3, 0.4) is 0 Å². The zero-order chi connectivity index (χ0) is 19.1. The van der Waals surface area contributed by atoms with Crippen molar-refractivity contribution >= 4 is 10.9 Å². The maximum absolute atomic E-state index is 12.6. The first-order chi connectivity index (χ1) is 12.2. The molecule has 0 atom stereocenters. The molecule has 0 radical (unpaired) electrons. The minimum absolute atomic E-state index is 0.0225. The van der Waals surface area contributed by atoms with Crippen LogP contribution < -0.4 is 10.3 Å². The fraction of sp³-hybridized carbons (Fsp3) is 0.235. The molecule has 0 aliphatic carbocycles. The first-order valence-electron chi connectivity index (χ1n) is 8.44. The third-order valence-electron chi connectivity index (χ3n) is 3.61. The Bertz CT molecular complexity index is 1010. The van der Waals surface area contributed by atoms with Gasteiger partial charge in [0.25, 0.3) is 5.56 Å². The average Bonchev–Trinajstić information content (AvgIpc) is 2.88. The highest BCUT2D eigenvalue weighted by molar-refractivity contribution is 5.82. The summed E-state index contributed by atoms with van der Waals surface area (Å²) in [6, 6.07) is 9.73. The van der Waals surface area contributed by atoms with Crippen LogP contribution in [-0.4, -0.2) is 16.4 Å². The molecule has 2 aromatic carbocycles. The maximum Gasteiger partial charge on any atom is 0.387 e. The molecular weight excluding hydrogens is 302 g/mol. The zero-order valence-electron chi connectivity index (χ0n) is 15.3. The van der Waals surface area contributed by atoms with Crippen LogP contribution in [0.1, 0.15) is 20.8 Å². The predicted molar refractivity (Wildman–Crippen MR) is 84.2 cm³/mol. The molecule has 0 fully saturated rings. The van der Waals surface area contributed by atoms with Crippen LogP contribution in [0, 0.1) is 6.92 Å². The monoisotopic (exact) mass is 321 g/mol. The van der Waals surface area contributed by atoms with Gasteiger partial charge in [0.05, 0.1) is 10.9 Å².